The Morgan fingerprint density at radius 3 is 2.73 bits per heavy atom. The monoisotopic (exact) mass is 395 g/mol. The maximum atomic E-state index is 12.9. The summed E-state index contributed by atoms with van der Waals surface area (Å²) in [6.45, 7) is 5.83. The lowest BCUT2D eigenvalue weighted by molar-refractivity contribution is 0.0651. The number of rotatable bonds is 3. The molecular weight excluding hydrogens is 377 g/mol. The lowest BCUT2D eigenvalue weighted by Gasteiger charge is -2.34. The topological polar surface area (TPSA) is 75.3 Å². The van der Waals surface area contributed by atoms with Gasteiger partial charge in [-0.05, 0) is 45.4 Å². The molecule has 0 aliphatic carbocycles. The van der Waals surface area contributed by atoms with E-state index in [1.54, 1.807) is 23.1 Å². The fourth-order valence-electron chi connectivity index (χ4n) is 2.93. The molecule has 1 aliphatic rings. The predicted octanol–water partition coefficient (Wildman–Crippen LogP) is 3.45. The summed E-state index contributed by atoms with van der Waals surface area (Å²) in [6, 6.07) is 4.80. The van der Waals surface area contributed by atoms with Crippen LogP contribution in [0.5, 0.6) is 6.01 Å². The number of hydrogen-bond acceptors (Lipinski definition) is 4. The third-order valence-electron chi connectivity index (χ3n) is 4.21. The largest absolute Gasteiger partial charge is 0.462 e. The molecule has 2 aromatic rings. The Kier molecular flexibility index (Phi) is 5.25. The number of amides is 1. The first-order valence-electron chi connectivity index (χ1n) is 8.31. The average Bonchev–Trinajstić information content (AvgIpc) is 2.56. The van der Waals surface area contributed by atoms with Crippen LogP contribution in [0.3, 0.4) is 0 Å². The number of nitrogens with zero attached hydrogens (tertiary/aromatic N) is 2. The second-order valence-corrected chi connectivity index (χ2v) is 7.39. The van der Waals surface area contributed by atoms with E-state index in [4.69, 9.17) is 27.9 Å². The molecule has 1 aromatic carbocycles. The maximum absolute atomic E-state index is 12.9. The summed E-state index contributed by atoms with van der Waals surface area (Å²) in [6.07, 6.45) is 0.305. The van der Waals surface area contributed by atoms with Crippen LogP contribution in [0, 0.1) is 0 Å². The Morgan fingerprint density at radius 1 is 1.35 bits per heavy atom. The summed E-state index contributed by atoms with van der Waals surface area (Å²) >= 11 is 12.0. The molecule has 138 valence electrons. The van der Waals surface area contributed by atoms with Crippen molar-refractivity contribution in [3.8, 4) is 6.01 Å². The number of nitrogens with one attached hydrogen (secondary N) is 1. The number of carbonyl (C=O) groups excluding carboxylic acids is 1. The van der Waals surface area contributed by atoms with Crippen LogP contribution in [0.2, 0.25) is 10.0 Å². The Labute approximate surface area is 161 Å². The van der Waals surface area contributed by atoms with E-state index in [-0.39, 0.29) is 36.2 Å². The minimum absolute atomic E-state index is 0.118. The van der Waals surface area contributed by atoms with Gasteiger partial charge in [0, 0.05) is 17.2 Å². The van der Waals surface area contributed by atoms with E-state index in [9.17, 15) is 9.59 Å². The molecule has 0 saturated carbocycles. The first-order valence-corrected chi connectivity index (χ1v) is 9.06. The van der Waals surface area contributed by atoms with Crippen molar-refractivity contribution in [3.05, 3.63) is 55.4 Å². The second-order valence-electron chi connectivity index (χ2n) is 6.58. The Balaban J connectivity index is 1.92. The minimum atomic E-state index is -0.223. The van der Waals surface area contributed by atoms with Crippen molar-refractivity contribution < 1.29 is 9.53 Å². The number of hydrogen-bond donors (Lipinski definition) is 1. The van der Waals surface area contributed by atoms with Crippen molar-refractivity contribution in [2.75, 3.05) is 0 Å². The Morgan fingerprint density at radius 2 is 2.08 bits per heavy atom. The van der Waals surface area contributed by atoms with Gasteiger partial charge in [-0.3, -0.25) is 14.6 Å². The number of halogens is 2. The average molecular weight is 396 g/mol. The zero-order valence-corrected chi connectivity index (χ0v) is 16.2. The van der Waals surface area contributed by atoms with Crippen molar-refractivity contribution in [2.45, 2.75) is 45.9 Å². The summed E-state index contributed by atoms with van der Waals surface area (Å²) in [7, 11) is 0. The quantitative estimate of drug-likeness (QED) is 0.863. The van der Waals surface area contributed by atoms with Crippen LogP contribution in [-0.4, -0.2) is 32.9 Å². The third kappa shape index (κ3) is 3.71. The van der Waals surface area contributed by atoms with Gasteiger partial charge in [0.05, 0.1) is 28.4 Å². The van der Waals surface area contributed by atoms with Crippen molar-refractivity contribution in [3.63, 3.8) is 0 Å². The molecule has 0 bridgehead atoms. The highest BCUT2D eigenvalue weighted by molar-refractivity contribution is 6.42. The zero-order chi connectivity index (χ0) is 19.0. The van der Waals surface area contributed by atoms with Crippen LogP contribution < -0.4 is 10.3 Å². The van der Waals surface area contributed by atoms with E-state index in [0.717, 1.165) is 0 Å². The molecule has 0 unspecified atom stereocenters. The van der Waals surface area contributed by atoms with Crippen molar-refractivity contribution in [1.29, 1.82) is 0 Å². The smallest absolute Gasteiger partial charge is 0.296 e. The van der Waals surface area contributed by atoms with Crippen molar-refractivity contribution in [1.82, 2.24) is 14.9 Å². The highest BCUT2D eigenvalue weighted by atomic mass is 35.5. The van der Waals surface area contributed by atoms with Crippen LogP contribution in [-0.2, 0) is 13.0 Å². The molecule has 0 saturated heterocycles. The zero-order valence-electron chi connectivity index (χ0n) is 14.7. The number of H-pyrrole nitrogens is 1. The van der Waals surface area contributed by atoms with Crippen LogP contribution in [0.1, 0.15) is 42.4 Å². The molecule has 1 N–H and O–H groups in total. The van der Waals surface area contributed by atoms with Gasteiger partial charge in [0.25, 0.3) is 17.5 Å². The van der Waals surface area contributed by atoms with E-state index in [1.807, 2.05) is 20.8 Å². The second kappa shape index (κ2) is 7.29. The molecule has 1 amide bonds. The minimum Gasteiger partial charge on any atom is -0.462 e. The lowest BCUT2D eigenvalue weighted by Crippen LogP contribution is -2.45. The molecule has 3 rings (SSSR count). The fourth-order valence-corrected chi connectivity index (χ4v) is 3.23. The van der Waals surface area contributed by atoms with Gasteiger partial charge in [-0.15, -0.1) is 0 Å². The van der Waals surface area contributed by atoms with Crippen LogP contribution in [0.15, 0.2) is 23.0 Å². The van der Waals surface area contributed by atoms with Crippen molar-refractivity contribution in [2.24, 2.45) is 0 Å². The standard InChI is InChI=1S/C18H19Cl2N3O3/c1-9(2)26-18-21-15-8-23(10(3)6-12(15)16(24)22-18)17(25)11-4-5-13(19)14(20)7-11/h4-5,7,9-10H,6,8H2,1-3H3,(H,21,22,24)/t10-/m1/s1. The third-order valence-corrected chi connectivity index (χ3v) is 4.94. The molecule has 8 heteroatoms. The lowest BCUT2D eigenvalue weighted by atomic mass is 9.99. The first kappa shape index (κ1) is 18.7. The van der Waals surface area contributed by atoms with Gasteiger partial charge in [-0.2, -0.15) is 4.98 Å². The molecular formula is C18H19Cl2N3O3. The number of aromatic amines is 1. The first-order chi connectivity index (χ1) is 12.3. The van der Waals surface area contributed by atoms with Gasteiger partial charge in [0.15, 0.2) is 0 Å². The highest BCUT2D eigenvalue weighted by Crippen LogP contribution is 2.26. The number of fused-ring (bicyclic) bond motifs is 1. The van der Waals surface area contributed by atoms with Gasteiger partial charge >= 0.3 is 0 Å². The summed E-state index contributed by atoms with van der Waals surface area (Å²) in [4.78, 5) is 34.0. The SMILES string of the molecule is CC(C)Oc1nc2c(c(=O)[nH]1)C[C@@H](C)N(C(=O)c1ccc(Cl)c(Cl)c1)C2. The van der Waals surface area contributed by atoms with Gasteiger partial charge in [0.2, 0.25) is 0 Å². The molecule has 26 heavy (non-hydrogen) atoms. The van der Waals surface area contributed by atoms with Gasteiger partial charge in [-0.25, -0.2) is 0 Å². The van der Waals surface area contributed by atoms with E-state index in [0.29, 0.717) is 33.3 Å². The number of carbonyl (C=O) groups is 1. The normalized spacial score (nSPS) is 16.5. The number of ether oxygens (including phenoxy) is 1. The van der Waals surface area contributed by atoms with E-state index >= 15 is 0 Å². The summed E-state index contributed by atoms with van der Waals surface area (Å²) in [5.74, 6) is -0.185. The van der Waals surface area contributed by atoms with Crippen LogP contribution in [0.4, 0.5) is 0 Å². The Bertz CT molecular complexity index is 911. The molecule has 0 fully saturated rings. The summed E-state index contributed by atoms with van der Waals surface area (Å²) in [5, 5.41) is 0.716. The molecule has 2 heterocycles. The van der Waals surface area contributed by atoms with E-state index in [2.05, 4.69) is 9.97 Å². The van der Waals surface area contributed by atoms with Crippen LogP contribution in [0.25, 0.3) is 0 Å². The summed E-state index contributed by atoms with van der Waals surface area (Å²) < 4.78 is 5.49. The molecule has 0 radical (unpaired) electrons. The molecule has 1 aromatic heterocycles. The predicted molar refractivity (Wildman–Crippen MR) is 100 cm³/mol. The highest BCUT2D eigenvalue weighted by Gasteiger charge is 2.31. The molecule has 1 atom stereocenters. The Hall–Kier alpha value is -2.05. The molecule has 0 spiro atoms. The van der Waals surface area contributed by atoms with Gasteiger partial charge in [-0.1, -0.05) is 23.2 Å². The van der Waals surface area contributed by atoms with E-state index in [1.165, 1.54) is 0 Å². The molecule has 6 nitrogen and oxygen atoms in total. The maximum Gasteiger partial charge on any atom is 0.296 e. The van der Waals surface area contributed by atoms with Crippen molar-refractivity contribution >= 4 is 29.1 Å². The van der Waals surface area contributed by atoms with Gasteiger partial charge < -0.3 is 9.64 Å². The fraction of sp³-hybridized carbons (Fsp3) is 0.389. The molecule has 1 aliphatic heterocycles. The van der Waals surface area contributed by atoms with Crippen LogP contribution >= 0.6 is 23.2 Å². The van der Waals surface area contributed by atoms with E-state index < -0.39 is 0 Å². The number of aromatic nitrogens is 2. The van der Waals surface area contributed by atoms with Gasteiger partial charge in [0.1, 0.15) is 0 Å². The number of benzene rings is 1. The summed E-state index contributed by atoms with van der Waals surface area (Å²) in [5.41, 5.74) is 1.36.